The van der Waals surface area contributed by atoms with Crippen LogP contribution in [0.1, 0.15) is 10.5 Å². The number of carbonyl (C=O) groups excluding carboxylic acids is 1. The van der Waals surface area contributed by atoms with Crippen LogP contribution in [0.15, 0.2) is 35.3 Å². The summed E-state index contributed by atoms with van der Waals surface area (Å²) in [6.45, 7) is 0. The molecule has 0 saturated heterocycles. The van der Waals surface area contributed by atoms with Crippen molar-refractivity contribution in [3.05, 3.63) is 41.2 Å². The minimum Gasteiger partial charge on any atom is -0.382 e. The number of nitrogens with zero attached hydrogens (tertiary/aromatic N) is 3. The number of nitrogen functional groups attached to an aromatic ring is 2. The zero-order valence-electron chi connectivity index (χ0n) is 13.4. The summed E-state index contributed by atoms with van der Waals surface area (Å²) in [7, 11) is -3.67. The largest absolute Gasteiger partial charge is 0.382 e. The third kappa shape index (κ3) is 7.74. The molecule has 0 atom stereocenters. The number of nitrogens with two attached hydrogens (primary N) is 3. The molecule has 0 fully saturated rings. The molecular formula is C13H16ClN7O4S. The molecule has 140 valence electrons. The Kier molecular flexibility index (Phi) is 7.25. The van der Waals surface area contributed by atoms with Gasteiger partial charge in [-0.05, 0) is 12.1 Å². The van der Waals surface area contributed by atoms with Crippen LogP contribution in [0.5, 0.6) is 0 Å². The number of carbonyl (C=O) groups is 1. The van der Waals surface area contributed by atoms with E-state index in [0.29, 0.717) is 11.9 Å². The molecule has 0 bridgehead atoms. The van der Waals surface area contributed by atoms with Crippen molar-refractivity contribution in [2.45, 2.75) is 0 Å². The number of hydrogen-bond acceptors (Lipinski definition) is 8. The van der Waals surface area contributed by atoms with Crippen molar-refractivity contribution in [3.63, 3.8) is 0 Å². The fourth-order valence-electron chi connectivity index (χ4n) is 1.45. The Balaban J connectivity index is 0.000000597. The maximum absolute atomic E-state index is 12.0. The van der Waals surface area contributed by atoms with Crippen LogP contribution in [-0.2, 0) is 10.1 Å². The number of halogens is 1. The number of nitrogens with one attached hydrogen (secondary N) is 1. The molecule has 0 aliphatic carbocycles. The van der Waals surface area contributed by atoms with Crippen molar-refractivity contribution < 1.29 is 17.8 Å². The lowest BCUT2D eigenvalue weighted by molar-refractivity contribution is 0.0972. The van der Waals surface area contributed by atoms with Crippen molar-refractivity contribution in [3.8, 4) is 0 Å². The predicted molar refractivity (Wildman–Crippen MR) is 98.5 cm³/mol. The summed E-state index contributed by atoms with van der Waals surface area (Å²) in [4.78, 5) is 23.5. The standard InChI is InChI=1S/C12H12ClN7O.CH4O3S/c13-8-10(15)19-9(14)7(18-8)11(21)20-12(16)17-6-4-2-1-3-5-6;1-5(2,3)4/h1-5H,(H4,14,15,19)(H3,16,17,20,21);1H3,(H,2,3,4). The normalized spacial score (nSPS) is 11.3. The van der Waals surface area contributed by atoms with Gasteiger partial charge in [-0.2, -0.15) is 8.42 Å². The van der Waals surface area contributed by atoms with E-state index >= 15 is 0 Å². The Labute approximate surface area is 154 Å². The summed E-state index contributed by atoms with van der Waals surface area (Å²) in [6, 6.07) is 8.87. The highest BCUT2D eigenvalue weighted by Gasteiger charge is 2.16. The van der Waals surface area contributed by atoms with Crippen LogP contribution in [0.2, 0.25) is 5.15 Å². The maximum atomic E-state index is 12.0. The summed E-state index contributed by atoms with van der Waals surface area (Å²) in [5.74, 6) is -1.00. The van der Waals surface area contributed by atoms with Crippen LogP contribution in [-0.4, -0.2) is 41.1 Å². The topological polar surface area (TPSA) is 200 Å². The first kappa shape index (κ1) is 21.1. The van der Waals surface area contributed by atoms with Crippen LogP contribution >= 0.6 is 11.6 Å². The van der Waals surface area contributed by atoms with Crippen LogP contribution in [0.25, 0.3) is 0 Å². The lowest BCUT2D eigenvalue weighted by Gasteiger charge is -2.07. The van der Waals surface area contributed by atoms with Gasteiger partial charge < -0.3 is 17.2 Å². The zero-order valence-corrected chi connectivity index (χ0v) is 15.0. The molecule has 2 rings (SSSR count). The molecule has 13 heteroatoms. The van der Waals surface area contributed by atoms with Crippen LogP contribution < -0.4 is 22.5 Å². The van der Waals surface area contributed by atoms with Gasteiger partial charge in [-0.3, -0.25) is 14.7 Å². The fourth-order valence-corrected chi connectivity index (χ4v) is 1.58. The number of aromatic nitrogens is 2. The van der Waals surface area contributed by atoms with Gasteiger partial charge in [0.15, 0.2) is 22.5 Å². The number of para-hydroxylation sites is 1. The van der Waals surface area contributed by atoms with E-state index < -0.39 is 16.0 Å². The second-order valence-electron chi connectivity index (χ2n) is 4.65. The van der Waals surface area contributed by atoms with E-state index in [9.17, 15) is 13.2 Å². The summed E-state index contributed by atoms with van der Waals surface area (Å²) in [5, 5.41) is 2.22. The van der Waals surface area contributed by atoms with E-state index in [1.54, 1.807) is 24.3 Å². The molecule has 1 aromatic heterocycles. The number of guanidine groups is 1. The Morgan fingerprint density at radius 2 is 1.73 bits per heavy atom. The van der Waals surface area contributed by atoms with Crippen LogP contribution in [0.4, 0.5) is 17.3 Å². The van der Waals surface area contributed by atoms with Crippen molar-refractivity contribution >= 4 is 50.9 Å². The zero-order chi connectivity index (χ0) is 19.9. The molecule has 11 nitrogen and oxygen atoms in total. The molecule has 0 unspecified atom stereocenters. The lowest BCUT2D eigenvalue weighted by Crippen LogP contribution is -2.37. The average molecular weight is 402 g/mol. The monoisotopic (exact) mass is 401 g/mol. The Morgan fingerprint density at radius 3 is 2.27 bits per heavy atom. The van der Waals surface area contributed by atoms with E-state index in [2.05, 4.69) is 20.3 Å². The van der Waals surface area contributed by atoms with Gasteiger partial charge in [-0.1, -0.05) is 29.8 Å². The predicted octanol–water partition coefficient (Wildman–Crippen LogP) is 0.175. The molecule has 0 aliphatic rings. The third-order valence-corrected chi connectivity index (χ3v) is 2.65. The number of benzene rings is 1. The van der Waals surface area contributed by atoms with Gasteiger partial charge in [0.2, 0.25) is 5.96 Å². The molecule has 0 saturated carbocycles. The fraction of sp³-hybridized carbons (Fsp3) is 0.0769. The molecule has 26 heavy (non-hydrogen) atoms. The summed E-state index contributed by atoms with van der Waals surface area (Å²) in [6.07, 6.45) is 0.715. The molecule has 0 spiro atoms. The Hall–Kier alpha value is -2.96. The van der Waals surface area contributed by atoms with Gasteiger partial charge in [0.05, 0.1) is 11.9 Å². The Bertz CT molecular complexity index is 912. The highest BCUT2D eigenvalue weighted by molar-refractivity contribution is 7.85. The minimum atomic E-state index is -3.67. The summed E-state index contributed by atoms with van der Waals surface area (Å²) >= 11 is 5.70. The molecule has 0 radical (unpaired) electrons. The summed E-state index contributed by atoms with van der Waals surface area (Å²) < 4.78 is 25.9. The number of anilines is 2. The number of aliphatic imine (C=N–C) groups is 1. The number of amides is 1. The van der Waals surface area contributed by atoms with Gasteiger partial charge in [-0.25, -0.2) is 15.0 Å². The van der Waals surface area contributed by atoms with Gasteiger partial charge in [0.25, 0.3) is 16.0 Å². The molecular weight excluding hydrogens is 386 g/mol. The van der Waals surface area contributed by atoms with Gasteiger partial charge in [0.1, 0.15) is 0 Å². The molecule has 8 N–H and O–H groups in total. The van der Waals surface area contributed by atoms with Crippen molar-refractivity contribution in [2.24, 2.45) is 10.7 Å². The molecule has 1 aromatic carbocycles. The average Bonchev–Trinajstić information content (AvgIpc) is 2.50. The van der Waals surface area contributed by atoms with Crippen molar-refractivity contribution in [1.82, 2.24) is 15.3 Å². The molecule has 1 amide bonds. The first-order chi connectivity index (χ1) is 12.0. The van der Waals surface area contributed by atoms with E-state index in [4.69, 9.17) is 33.4 Å². The Morgan fingerprint density at radius 1 is 1.19 bits per heavy atom. The number of hydrogen-bond donors (Lipinski definition) is 5. The van der Waals surface area contributed by atoms with Gasteiger partial charge >= 0.3 is 0 Å². The van der Waals surface area contributed by atoms with Crippen molar-refractivity contribution in [1.29, 1.82) is 0 Å². The van der Waals surface area contributed by atoms with Gasteiger partial charge in [0, 0.05) is 0 Å². The minimum absolute atomic E-state index is 0.0587. The second kappa shape index (κ2) is 8.94. The van der Waals surface area contributed by atoms with Crippen LogP contribution in [0.3, 0.4) is 0 Å². The van der Waals surface area contributed by atoms with Gasteiger partial charge in [-0.15, -0.1) is 0 Å². The SMILES string of the molecule is CS(=O)(=O)O.NC(=Nc1ccccc1)NC(=O)c1nc(Cl)c(N)nc1N. The first-order valence-electron chi connectivity index (χ1n) is 6.69. The second-order valence-corrected chi connectivity index (χ2v) is 6.48. The highest BCUT2D eigenvalue weighted by atomic mass is 35.5. The van der Waals surface area contributed by atoms with E-state index in [-0.39, 0.29) is 28.4 Å². The van der Waals surface area contributed by atoms with E-state index in [1.165, 1.54) is 0 Å². The lowest BCUT2D eigenvalue weighted by atomic mass is 10.3. The molecule has 2 aromatic rings. The van der Waals surface area contributed by atoms with Crippen LogP contribution in [0, 0.1) is 0 Å². The summed E-state index contributed by atoms with van der Waals surface area (Å²) in [5.41, 5.74) is 17.0. The number of rotatable bonds is 2. The first-order valence-corrected chi connectivity index (χ1v) is 8.91. The molecule has 1 heterocycles. The highest BCUT2D eigenvalue weighted by Crippen LogP contribution is 2.17. The molecule has 0 aliphatic heterocycles. The van der Waals surface area contributed by atoms with Crippen molar-refractivity contribution in [2.75, 3.05) is 17.7 Å². The maximum Gasteiger partial charge on any atom is 0.280 e. The quantitative estimate of drug-likeness (QED) is 0.264. The smallest absolute Gasteiger partial charge is 0.280 e. The van der Waals surface area contributed by atoms with E-state index in [0.717, 1.165) is 0 Å². The van der Waals surface area contributed by atoms with E-state index in [1.807, 2.05) is 6.07 Å². The third-order valence-electron chi connectivity index (χ3n) is 2.37.